The van der Waals surface area contributed by atoms with E-state index in [4.69, 9.17) is 4.42 Å². The van der Waals surface area contributed by atoms with Gasteiger partial charge in [0, 0.05) is 30.0 Å². The van der Waals surface area contributed by atoms with Crippen molar-refractivity contribution in [2.75, 3.05) is 0 Å². The minimum atomic E-state index is 0.407. The topological polar surface area (TPSA) is 25.2 Å². The van der Waals surface area contributed by atoms with E-state index >= 15 is 0 Å². The van der Waals surface area contributed by atoms with E-state index in [0.29, 0.717) is 11.5 Å². The molecule has 0 spiro atoms. The summed E-state index contributed by atoms with van der Waals surface area (Å²) in [6.45, 7) is 7.90. The van der Waals surface area contributed by atoms with Crippen molar-refractivity contribution in [3.05, 3.63) is 35.6 Å². The second-order valence-electron chi connectivity index (χ2n) is 7.02. The van der Waals surface area contributed by atoms with Crippen LogP contribution in [0.5, 0.6) is 0 Å². The van der Waals surface area contributed by atoms with Crippen molar-refractivity contribution in [2.24, 2.45) is 5.41 Å². The molecule has 2 aromatic rings. The van der Waals surface area contributed by atoms with Crippen molar-refractivity contribution in [1.29, 1.82) is 0 Å². The summed E-state index contributed by atoms with van der Waals surface area (Å²) < 4.78 is 6.00. The third-order valence-electron chi connectivity index (χ3n) is 5.14. The molecule has 3 rings (SSSR count). The van der Waals surface area contributed by atoms with Crippen LogP contribution in [0.3, 0.4) is 0 Å². The zero-order valence-electron chi connectivity index (χ0n) is 13.5. The molecule has 2 nitrogen and oxygen atoms in total. The van der Waals surface area contributed by atoms with Crippen LogP contribution in [0.2, 0.25) is 0 Å². The average molecular weight is 285 g/mol. The van der Waals surface area contributed by atoms with E-state index in [1.165, 1.54) is 36.6 Å². The van der Waals surface area contributed by atoms with Gasteiger partial charge in [0.1, 0.15) is 11.3 Å². The van der Waals surface area contributed by atoms with Crippen LogP contribution in [0.25, 0.3) is 11.0 Å². The van der Waals surface area contributed by atoms with Gasteiger partial charge in [-0.05, 0) is 24.3 Å². The number of hydrogen-bond donors (Lipinski definition) is 1. The van der Waals surface area contributed by atoms with Gasteiger partial charge in [-0.2, -0.15) is 0 Å². The maximum Gasteiger partial charge on any atom is 0.134 e. The summed E-state index contributed by atoms with van der Waals surface area (Å²) >= 11 is 0. The minimum Gasteiger partial charge on any atom is -0.461 e. The number of nitrogens with one attached hydrogen (secondary N) is 1. The molecule has 1 aliphatic carbocycles. The SMILES string of the molecule is CCc1oc2ccccc2c1CNC1CCCCC1(C)C. The van der Waals surface area contributed by atoms with E-state index in [1.807, 2.05) is 6.07 Å². The first-order valence-electron chi connectivity index (χ1n) is 8.34. The van der Waals surface area contributed by atoms with Crippen LogP contribution in [-0.2, 0) is 13.0 Å². The molecule has 0 bridgehead atoms. The van der Waals surface area contributed by atoms with E-state index in [-0.39, 0.29) is 0 Å². The number of rotatable bonds is 4. The second kappa shape index (κ2) is 5.84. The number of para-hydroxylation sites is 1. The standard InChI is InChI=1S/C19H27NO/c1-4-16-15(14-9-5-6-10-17(14)21-16)13-20-18-11-7-8-12-19(18,2)3/h5-6,9-10,18,20H,4,7-8,11-13H2,1-3H3. The third-order valence-corrected chi connectivity index (χ3v) is 5.14. The van der Waals surface area contributed by atoms with Crippen LogP contribution in [0.4, 0.5) is 0 Å². The Balaban J connectivity index is 1.81. The molecule has 1 aliphatic rings. The fourth-order valence-corrected chi connectivity index (χ4v) is 3.73. The van der Waals surface area contributed by atoms with Gasteiger partial charge in [-0.25, -0.2) is 0 Å². The summed E-state index contributed by atoms with van der Waals surface area (Å²) in [6, 6.07) is 9.02. The fraction of sp³-hybridized carbons (Fsp3) is 0.579. The number of hydrogen-bond acceptors (Lipinski definition) is 2. The zero-order valence-corrected chi connectivity index (χ0v) is 13.5. The maximum atomic E-state index is 6.00. The Bertz CT molecular complexity index is 611. The first kappa shape index (κ1) is 14.6. The molecule has 1 fully saturated rings. The van der Waals surface area contributed by atoms with Crippen LogP contribution in [0.15, 0.2) is 28.7 Å². The predicted octanol–water partition coefficient (Wildman–Crippen LogP) is 5.05. The van der Waals surface area contributed by atoms with E-state index < -0.39 is 0 Å². The van der Waals surface area contributed by atoms with E-state index in [9.17, 15) is 0 Å². The first-order valence-corrected chi connectivity index (χ1v) is 8.34. The van der Waals surface area contributed by atoms with Crippen molar-refractivity contribution in [3.63, 3.8) is 0 Å². The average Bonchev–Trinajstić information content (AvgIpc) is 2.83. The molecule has 0 saturated heterocycles. The smallest absolute Gasteiger partial charge is 0.134 e. The van der Waals surface area contributed by atoms with Crippen LogP contribution in [0.1, 0.15) is 57.8 Å². The van der Waals surface area contributed by atoms with Gasteiger partial charge in [-0.1, -0.05) is 51.8 Å². The highest BCUT2D eigenvalue weighted by molar-refractivity contribution is 5.82. The van der Waals surface area contributed by atoms with Crippen LogP contribution < -0.4 is 5.32 Å². The first-order chi connectivity index (χ1) is 10.1. The Kier molecular flexibility index (Phi) is 4.08. The Hall–Kier alpha value is -1.28. The Morgan fingerprint density at radius 2 is 2.05 bits per heavy atom. The highest BCUT2D eigenvalue weighted by Gasteiger charge is 2.31. The molecule has 0 radical (unpaired) electrons. The number of benzene rings is 1. The third kappa shape index (κ3) is 2.87. The molecule has 1 N–H and O–H groups in total. The lowest BCUT2D eigenvalue weighted by Gasteiger charge is -2.39. The predicted molar refractivity (Wildman–Crippen MR) is 88.5 cm³/mol. The fourth-order valence-electron chi connectivity index (χ4n) is 3.73. The van der Waals surface area contributed by atoms with Gasteiger partial charge < -0.3 is 9.73 Å². The van der Waals surface area contributed by atoms with Gasteiger partial charge >= 0.3 is 0 Å². The lowest BCUT2D eigenvalue weighted by molar-refractivity contribution is 0.166. The largest absolute Gasteiger partial charge is 0.461 e. The summed E-state index contributed by atoms with van der Waals surface area (Å²) in [5.74, 6) is 1.14. The molecule has 1 aromatic heterocycles. The normalized spacial score (nSPS) is 21.8. The maximum absolute atomic E-state index is 6.00. The second-order valence-corrected chi connectivity index (χ2v) is 7.02. The van der Waals surface area contributed by atoms with Gasteiger partial charge in [0.2, 0.25) is 0 Å². The molecule has 1 atom stereocenters. The zero-order chi connectivity index (χ0) is 14.9. The van der Waals surface area contributed by atoms with E-state index in [1.54, 1.807) is 0 Å². The van der Waals surface area contributed by atoms with E-state index in [0.717, 1.165) is 24.3 Å². The summed E-state index contributed by atoms with van der Waals surface area (Å²) in [6.07, 6.45) is 6.31. The molecular formula is C19H27NO. The van der Waals surface area contributed by atoms with Gasteiger partial charge in [-0.3, -0.25) is 0 Å². The molecule has 1 unspecified atom stereocenters. The molecular weight excluding hydrogens is 258 g/mol. The lowest BCUT2D eigenvalue weighted by atomic mass is 9.73. The van der Waals surface area contributed by atoms with E-state index in [2.05, 4.69) is 44.3 Å². The summed E-state index contributed by atoms with van der Waals surface area (Å²) in [7, 11) is 0. The van der Waals surface area contributed by atoms with Crippen molar-refractivity contribution in [2.45, 2.75) is 65.5 Å². The molecule has 114 valence electrons. The highest BCUT2D eigenvalue weighted by atomic mass is 16.3. The Morgan fingerprint density at radius 1 is 1.24 bits per heavy atom. The van der Waals surface area contributed by atoms with Crippen molar-refractivity contribution < 1.29 is 4.42 Å². The van der Waals surface area contributed by atoms with Gasteiger partial charge in [0.05, 0.1) is 0 Å². The Labute approximate surface area is 127 Å². The monoisotopic (exact) mass is 285 g/mol. The minimum absolute atomic E-state index is 0.407. The molecule has 1 heterocycles. The Morgan fingerprint density at radius 3 is 2.81 bits per heavy atom. The highest BCUT2D eigenvalue weighted by Crippen LogP contribution is 2.36. The summed E-state index contributed by atoms with van der Waals surface area (Å²) in [4.78, 5) is 0. The van der Waals surface area contributed by atoms with Crippen LogP contribution in [-0.4, -0.2) is 6.04 Å². The molecule has 0 aliphatic heterocycles. The van der Waals surface area contributed by atoms with Gasteiger partial charge in [0.25, 0.3) is 0 Å². The van der Waals surface area contributed by atoms with Gasteiger partial charge in [-0.15, -0.1) is 0 Å². The van der Waals surface area contributed by atoms with Crippen molar-refractivity contribution in [3.8, 4) is 0 Å². The molecule has 21 heavy (non-hydrogen) atoms. The molecule has 1 saturated carbocycles. The van der Waals surface area contributed by atoms with Gasteiger partial charge in [0.15, 0.2) is 0 Å². The molecule has 2 heteroatoms. The molecule has 0 amide bonds. The summed E-state index contributed by atoms with van der Waals surface area (Å²) in [5, 5.41) is 5.09. The van der Waals surface area contributed by atoms with Crippen LogP contribution in [0, 0.1) is 5.41 Å². The van der Waals surface area contributed by atoms with Crippen molar-refractivity contribution in [1.82, 2.24) is 5.32 Å². The summed E-state index contributed by atoms with van der Waals surface area (Å²) in [5.41, 5.74) is 2.79. The number of fused-ring (bicyclic) bond motifs is 1. The number of furan rings is 1. The number of aryl methyl sites for hydroxylation is 1. The van der Waals surface area contributed by atoms with Crippen LogP contribution >= 0.6 is 0 Å². The van der Waals surface area contributed by atoms with Crippen molar-refractivity contribution >= 4 is 11.0 Å². The molecule has 1 aromatic carbocycles. The lowest BCUT2D eigenvalue weighted by Crippen LogP contribution is -2.43. The quantitative estimate of drug-likeness (QED) is 0.850.